The molecule has 0 aliphatic carbocycles. The van der Waals surface area contributed by atoms with Gasteiger partial charge in [-0.2, -0.15) is 5.10 Å². The van der Waals surface area contributed by atoms with Gasteiger partial charge in [-0.05, 0) is 29.1 Å². The molecular weight excluding hydrogens is 364 g/mol. The highest BCUT2D eigenvalue weighted by Gasteiger charge is 2.13. The summed E-state index contributed by atoms with van der Waals surface area (Å²) in [6.45, 7) is 0. The maximum Gasteiger partial charge on any atom is 0.290 e. The lowest BCUT2D eigenvalue weighted by atomic mass is 10.2. The molecule has 120 valence electrons. The fourth-order valence-electron chi connectivity index (χ4n) is 2.29. The van der Waals surface area contributed by atoms with E-state index < -0.39 is 0 Å². The van der Waals surface area contributed by atoms with Crippen molar-refractivity contribution < 1.29 is 0 Å². The molecule has 0 bridgehead atoms. The second-order valence-corrected chi connectivity index (χ2v) is 7.32. The minimum absolute atomic E-state index is 0.257. The van der Waals surface area contributed by atoms with Gasteiger partial charge in [0.05, 0.1) is 4.88 Å². The van der Waals surface area contributed by atoms with Gasteiger partial charge in [-0.25, -0.2) is 9.61 Å². The first-order chi connectivity index (χ1) is 11.7. The van der Waals surface area contributed by atoms with Crippen LogP contribution in [0.25, 0.3) is 16.1 Å². The van der Waals surface area contributed by atoms with Gasteiger partial charge >= 0.3 is 0 Å². The van der Waals surface area contributed by atoms with Crippen molar-refractivity contribution in [3.63, 3.8) is 0 Å². The summed E-state index contributed by atoms with van der Waals surface area (Å²) in [4.78, 5) is 13.1. The molecule has 4 aromatic rings. The Morgan fingerprint density at radius 2 is 2.12 bits per heavy atom. The van der Waals surface area contributed by atoms with Crippen molar-refractivity contribution in [2.45, 2.75) is 10.9 Å². The number of thiophene rings is 1. The second-order valence-electron chi connectivity index (χ2n) is 5.02. The highest BCUT2D eigenvalue weighted by atomic mass is 35.5. The zero-order valence-electron chi connectivity index (χ0n) is 12.3. The maximum atomic E-state index is 12.0. The van der Waals surface area contributed by atoms with Gasteiger partial charge in [0.15, 0.2) is 0 Å². The quantitative estimate of drug-likeness (QED) is 0.546. The van der Waals surface area contributed by atoms with Crippen LogP contribution in [-0.2, 0) is 5.75 Å². The largest absolute Gasteiger partial charge is 0.290 e. The molecule has 0 unspecified atom stereocenters. The average Bonchev–Trinajstić information content (AvgIpc) is 3.25. The van der Waals surface area contributed by atoms with Crippen molar-refractivity contribution >= 4 is 40.2 Å². The summed E-state index contributed by atoms with van der Waals surface area (Å²) in [6, 6.07) is 13.4. The first kappa shape index (κ1) is 15.4. The van der Waals surface area contributed by atoms with Gasteiger partial charge in [0.1, 0.15) is 11.2 Å². The highest BCUT2D eigenvalue weighted by molar-refractivity contribution is 7.98. The number of nitrogens with zero attached hydrogens (tertiary/aromatic N) is 3. The SMILES string of the molecule is O=c1[nH]nc(SCc2ccccc2Cl)n2nc(-c3cccs3)cc12. The van der Waals surface area contributed by atoms with Crippen LogP contribution < -0.4 is 5.56 Å². The lowest BCUT2D eigenvalue weighted by molar-refractivity contribution is 0.728. The smallest absolute Gasteiger partial charge is 0.266 e. The minimum atomic E-state index is -0.257. The highest BCUT2D eigenvalue weighted by Crippen LogP contribution is 2.27. The van der Waals surface area contributed by atoms with Crippen LogP contribution in [0.1, 0.15) is 5.56 Å². The van der Waals surface area contributed by atoms with E-state index >= 15 is 0 Å². The molecule has 0 saturated heterocycles. The van der Waals surface area contributed by atoms with E-state index in [4.69, 9.17) is 11.6 Å². The first-order valence-electron chi connectivity index (χ1n) is 7.11. The standard InChI is InChI=1S/C16H11ClN4OS2/c17-11-5-2-1-4-10(11)9-24-16-19-18-15(22)13-8-12(20-21(13)16)14-6-3-7-23-14/h1-8H,9H2,(H,18,22). The number of fused-ring (bicyclic) bond motifs is 1. The van der Waals surface area contributed by atoms with Crippen molar-refractivity contribution in [3.8, 4) is 10.6 Å². The molecular formula is C16H11ClN4OS2. The Morgan fingerprint density at radius 3 is 2.92 bits per heavy atom. The molecule has 8 heteroatoms. The predicted octanol–water partition coefficient (Wildman–Crippen LogP) is 4.09. The average molecular weight is 375 g/mol. The van der Waals surface area contributed by atoms with Crippen LogP contribution in [0.4, 0.5) is 0 Å². The Balaban J connectivity index is 1.72. The van der Waals surface area contributed by atoms with Crippen molar-refractivity contribution in [2.75, 3.05) is 0 Å². The van der Waals surface area contributed by atoms with Crippen LogP contribution in [0.5, 0.6) is 0 Å². The lowest BCUT2D eigenvalue weighted by Crippen LogP contribution is -2.13. The number of nitrogens with one attached hydrogen (secondary N) is 1. The van der Waals surface area contributed by atoms with Gasteiger partial charge in [-0.3, -0.25) is 4.79 Å². The second kappa shape index (κ2) is 6.43. The number of hydrogen-bond acceptors (Lipinski definition) is 5. The molecule has 3 heterocycles. The summed E-state index contributed by atoms with van der Waals surface area (Å²) < 4.78 is 1.59. The Kier molecular flexibility index (Phi) is 4.13. The zero-order valence-corrected chi connectivity index (χ0v) is 14.7. The van der Waals surface area contributed by atoms with E-state index in [0.29, 0.717) is 21.4 Å². The summed E-state index contributed by atoms with van der Waals surface area (Å²) >= 11 is 9.25. The number of hydrogen-bond donors (Lipinski definition) is 1. The van der Waals surface area contributed by atoms with Crippen LogP contribution in [0.15, 0.2) is 57.8 Å². The molecule has 0 atom stereocenters. The Hall–Kier alpha value is -2.09. The predicted molar refractivity (Wildman–Crippen MR) is 97.9 cm³/mol. The van der Waals surface area contributed by atoms with Gasteiger partial charge in [0.25, 0.3) is 5.56 Å². The van der Waals surface area contributed by atoms with Crippen molar-refractivity contribution in [2.24, 2.45) is 0 Å². The van der Waals surface area contributed by atoms with Crippen LogP contribution in [0, 0.1) is 0 Å². The van der Waals surface area contributed by atoms with Crippen LogP contribution in [-0.4, -0.2) is 19.8 Å². The van der Waals surface area contributed by atoms with Gasteiger partial charge in [0.2, 0.25) is 5.16 Å². The lowest BCUT2D eigenvalue weighted by Gasteiger charge is -2.04. The first-order valence-corrected chi connectivity index (χ1v) is 9.35. The third-order valence-electron chi connectivity index (χ3n) is 3.46. The fourth-order valence-corrected chi connectivity index (χ4v) is 4.16. The third kappa shape index (κ3) is 2.86. The molecule has 0 radical (unpaired) electrons. The fraction of sp³-hybridized carbons (Fsp3) is 0.0625. The Morgan fingerprint density at radius 1 is 1.25 bits per heavy atom. The van der Waals surface area contributed by atoms with E-state index in [-0.39, 0.29) is 5.56 Å². The molecule has 5 nitrogen and oxygen atoms in total. The molecule has 1 N–H and O–H groups in total. The molecule has 0 spiro atoms. The van der Waals surface area contributed by atoms with Crippen LogP contribution >= 0.6 is 34.7 Å². The summed E-state index contributed by atoms with van der Waals surface area (Å²) in [7, 11) is 0. The molecule has 0 fully saturated rings. The molecule has 0 aliphatic heterocycles. The third-order valence-corrected chi connectivity index (χ3v) is 5.70. The molecule has 24 heavy (non-hydrogen) atoms. The molecule has 4 rings (SSSR count). The maximum absolute atomic E-state index is 12.0. The molecule has 0 aliphatic rings. The monoisotopic (exact) mass is 374 g/mol. The van der Waals surface area contributed by atoms with Crippen molar-refractivity contribution in [1.82, 2.24) is 19.8 Å². The van der Waals surface area contributed by atoms with Crippen LogP contribution in [0.2, 0.25) is 5.02 Å². The number of thioether (sulfide) groups is 1. The normalized spacial score (nSPS) is 11.2. The Labute approximate surface area is 150 Å². The van der Waals surface area contributed by atoms with E-state index in [2.05, 4.69) is 15.3 Å². The van der Waals surface area contributed by atoms with E-state index in [9.17, 15) is 4.79 Å². The number of aromatic amines is 1. The number of halogens is 1. The molecule has 0 amide bonds. The number of rotatable bonds is 4. The van der Waals surface area contributed by atoms with E-state index in [1.165, 1.54) is 11.8 Å². The minimum Gasteiger partial charge on any atom is -0.266 e. The van der Waals surface area contributed by atoms with Crippen LogP contribution in [0.3, 0.4) is 0 Å². The van der Waals surface area contributed by atoms with Crippen molar-refractivity contribution in [3.05, 3.63) is 68.8 Å². The molecule has 0 saturated carbocycles. The van der Waals surface area contributed by atoms with Gasteiger partial charge in [-0.15, -0.1) is 16.4 Å². The summed E-state index contributed by atoms with van der Waals surface area (Å²) in [5.41, 5.74) is 2.00. The van der Waals surface area contributed by atoms with E-state index in [1.54, 1.807) is 21.9 Å². The van der Waals surface area contributed by atoms with Gasteiger partial charge < -0.3 is 0 Å². The number of H-pyrrole nitrogens is 1. The number of benzene rings is 1. The topological polar surface area (TPSA) is 63.0 Å². The van der Waals surface area contributed by atoms with Gasteiger partial charge in [0, 0.05) is 10.8 Å². The number of aromatic nitrogens is 4. The molecule has 1 aromatic carbocycles. The Bertz CT molecular complexity index is 1060. The summed E-state index contributed by atoms with van der Waals surface area (Å²) in [5, 5.41) is 14.5. The van der Waals surface area contributed by atoms with Crippen molar-refractivity contribution in [1.29, 1.82) is 0 Å². The van der Waals surface area contributed by atoms with Gasteiger partial charge in [-0.1, -0.05) is 47.6 Å². The summed E-state index contributed by atoms with van der Waals surface area (Å²) in [6.07, 6.45) is 0. The zero-order chi connectivity index (χ0) is 16.5. The van der Waals surface area contributed by atoms with E-state index in [0.717, 1.165) is 16.1 Å². The van der Waals surface area contributed by atoms with E-state index in [1.807, 2.05) is 41.8 Å². The molecule has 3 aromatic heterocycles. The summed E-state index contributed by atoms with van der Waals surface area (Å²) in [5.74, 6) is 0.641.